The van der Waals surface area contributed by atoms with Gasteiger partial charge in [0.05, 0.1) is 12.1 Å². The van der Waals surface area contributed by atoms with Gasteiger partial charge in [0.2, 0.25) is 0 Å². The van der Waals surface area contributed by atoms with E-state index in [2.05, 4.69) is 5.32 Å². The van der Waals surface area contributed by atoms with E-state index >= 15 is 0 Å². The Kier molecular flexibility index (Phi) is 5.82. The quantitative estimate of drug-likeness (QED) is 0.822. The van der Waals surface area contributed by atoms with Crippen LogP contribution in [0.15, 0.2) is 30.3 Å². The van der Waals surface area contributed by atoms with Crippen molar-refractivity contribution in [2.75, 3.05) is 19.0 Å². The maximum atomic E-state index is 13.3. The zero-order valence-electron chi connectivity index (χ0n) is 13.6. The van der Waals surface area contributed by atoms with Crippen molar-refractivity contribution in [2.45, 2.75) is 6.92 Å². The third kappa shape index (κ3) is 4.60. The summed E-state index contributed by atoms with van der Waals surface area (Å²) in [5.41, 5.74) is 6.25. The third-order valence-electron chi connectivity index (χ3n) is 3.30. The topological polar surface area (TPSA) is 90.7 Å². The number of benzene rings is 2. The monoisotopic (exact) mass is 366 g/mol. The Morgan fingerprint density at radius 1 is 1.28 bits per heavy atom. The van der Waals surface area contributed by atoms with Crippen molar-refractivity contribution in [3.8, 4) is 11.5 Å². The van der Waals surface area contributed by atoms with Gasteiger partial charge in [-0.15, -0.1) is 0 Å². The lowest BCUT2D eigenvalue weighted by Gasteiger charge is -2.14. The van der Waals surface area contributed by atoms with Crippen LogP contribution in [-0.4, -0.2) is 25.5 Å². The maximum Gasteiger partial charge on any atom is 0.255 e. The molecule has 0 aliphatic carbocycles. The van der Waals surface area contributed by atoms with E-state index in [-0.39, 0.29) is 28.7 Å². The fourth-order valence-electron chi connectivity index (χ4n) is 2.06. The summed E-state index contributed by atoms with van der Waals surface area (Å²) in [5, 5.41) is 2.68. The molecule has 0 spiro atoms. The first-order valence-corrected chi connectivity index (χ1v) is 7.55. The molecule has 3 N–H and O–H groups in total. The molecule has 132 valence electrons. The molecule has 2 rings (SSSR count). The molecule has 0 saturated heterocycles. The molecule has 0 radical (unpaired) electrons. The molecule has 0 heterocycles. The Bertz CT molecular complexity index is 827. The SMILES string of the molecule is COc1cc(C(=O)Nc2cc(F)ccc2C)cc(Cl)c1OCC(N)=O. The normalized spacial score (nSPS) is 10.2. The van der Waals surface area contributed by atoms with Crippen LogP contribution in [-0.2, 0) is 4.79 Å². The van der Waals surface area contributed by atoms with Crippen LogP contribution in [0.25, 0.3) is 0 Å². The number of amides is 2. The summed E-state index contributed by atoms with van der Waals surface area (Å²) in [6, 6.07) is 6.82. The summed E-state index contributed by atoms with van der Waals surface area (Å²) < 4.78 is 23.7. The van der Waals surface area contributed by atoms with Gasteiger partial charge < -0.3 is 20.5 Å². The van der Waals surface area contributed by atoms with Gasteiger partial charge in [0.25, 0.3) is 11.8 Å². The summed E-state index contributed by atoms with van der Waals surface area (Å²) in [6.45, 7) is 1.35. The van der Waals surface area contributed by atoms with Gasteiger partial charge in [0.1, 0.15) is 5.82 Å². The number of carbonyl (C=O) groups excluding carboxylic acids is 2. The van der Waals surface area contributed by atoms with Crippen LogP contribution in [0.4, 0.5) is 10.1 Å². The molecule has 0 unspecified atom stereocenters. The Labute approximate surface area is 148 Å². The highest BCUT2D eigenvalue weighted by Gasteiger charge is 2.17. The second kappa shape index (κ2) is 7.85. The summed E-state index contributed by atoms with van der Waals surface area (Å²) in [6.07, 6.45) is 0. The first-order valence-electron chi connectivity index (χ1n) is 7.18. The number of rotatable bonds is 6. The second-order valence-electron chi connectivity index (χ2n) is 5.16. The van der Waals surface area contributed by atoms with E-state index in [1.54, 1.807) is 13.0 Å². The largest absolute Gasteiger partial charge is 0.493 e. The van der Waals surface area contributed by atoms with E-state index in [1.807, 2.05) is 0 Å². The highest BCUT2D eigenvalue weighted by atomic mass is 35.5. The zero-order valence-corrected chi connectivity index (χ0v) is 14.3. The molecule has 2 amide bonds. The minimum Gasteiger partial charge on any atom is -0.493 e. The molecule has 0 atom stereocenters. The van der Waals surface area contributed by atoms with E-state index in [9.17, 15) is 14.0 Å². The fraction of sp³-hybridized carbons (Fsp3) is 0.176. The van der Waals surface area contributed by atoms with Gasteiger partial charge in [-0.2, -0.15) is 0 Å². The number of methoxy groups -OCH3 is 1. The predicted octanol–water partition coefficient (Wildman–Crippen LogP) is 2.91. The third-order valence-corrected chi connectivity index (χ3v) is 3.58. The number of hydrogen-bond donors (Lipinski definition) is 2. The summed E-state index contributed by atoms with van der Waals surface area (Å²) in [7, 11) is 1.36. The number of aryl methyl sites for hydroxylation is 1. The summed E-state index contributed by atoms with van der Waals surface area (Å²) in [4.78, 5) is 23.3. The number of ether oxygens (including phenoxy) is 2. The molecule has 0 aliphatic rings. The average Bonchev–Trinajstić information content (AvgIpc) is 2.56. The lowest BCUT2D eigenvalue weighted by Crippen LogP contribution is -2.20. The molecule has 0 fully saturated rings. The number of primary amides is 1. The average molecular weight is 367 g/mol. The van der Waals surface area contributed by atoms with Crippen molar-refractivity contribution in [3.05, 3.63) is 52.3 Å². The van der Waals surface area contributed by atoms with Gasteiger partial charge in [0.15, 0.2) is 18.1 Å². The van der Waals surface area contributed by atoms with Crippen LogP contribution < -0.4 is 20.5 Å². The van der Waals surface area contributed by atoms with Crippen molar-refractivity contribution in [2.24, 2.45) is 5.73 Å². The number of nitrogens with two attached hydrogens (primary N) is 1. The number of carbonyl (C=O) groups is 2. The molecule has 2 aromatic rings. The van der Waals surface area contributed by atoms with Gasteiger partial charge in [-0.3, -0.25) is 9.59 Å². The molecule has 0 aromatic heterocycles. The predicted molar refractivity (Wildman–Crippen MR) is 91.8 cm³/mol. The van der Waals surface area contributed by atoms with Crippen LogP contribution in [0.5, 0.6) is 11.5 Å². The number of nitrogens with one attached hydrogen (secondary N) is 1. The van der Waals surface area contributed by atoms with Gasteiger partial charge in [-0.25, -0.2) is 4.39 Å². The minimum absolute atomic E-state index is 0.0710. The summed E-state index contributed by atoms with van der Waals surface area (Å²) in [5.74, 6) is -1.39. The molecule has 25 heavy (non-hydrogen) atoms. The first-order chi connectivity index (χ1) is 11.8. The smallest absolute Gasteiger partial charge is 0.255 e. The highest BCUT2D eigenvalue weighted by molar-refractivity contribution is 6.32. The molecular weight excluding hydrogens is 351 g/mol. The van der Waals surface area contributed by atoms with Crippen molar-refractivity contribution in [3.63, 3.8) is 0 Å². The number of halogens is 2. The van der Waals surface area contributed by atoms with E-state index in [0.29, 0.717) is 11.3 Å². The molecule has 0 saturated carbocycles. The second-order valence-corrected chi connectivity index (χ2v) is 5.57. The maximum absolute atomic E-state index is 13.3. The molecular formula is C17H16ClFN2O4. The van der Waals surface area contributed by atoms with Gasteiger partial charge in [-0.05, 0) is 36.8 Å². The van der Waals surface area contributed by atoms with Gasteiger partial charge in [-0.1, -0.05) is 17.7 Å². The van der Waals surface area contributed by atoms with Crippen LogP contribution in [0.1, 0.15) is 15.9 Å². The van der Waals surface area contributed by atoms with Crippen molar-refractivity contribution < 1.29 is 23.5 Å². The van der Waals surface area contributed by atoms with Crippen LogP contribution in [0.2, 0.25) is 5.02 Å². The lowest BCUT2D eigenvalue weighted by molar-refractivity contribution is -0.119. The first kappa shape index (κ1) is 18.5. The fourth-order valence-corrected chi connectivity index (χ4v) is 2.32. The molecule has 2 aromatic carbocycles. The molecule has 6 nitrogen and oxygen atoms in total. The number of anilines is 1. The Morgan fingerprint density at radius 2 is 2.00 bits per heavy atom. The van der Waals surface area contributed by atoms with Crippen LogP contribution in [0.3, 0.4) is 0 Å². The molecule has 0 aliphatic heterocycles. The number of hydrogen-bond acceptors (Lipinski definition) is 4. The van der Waals surface area contributed by atoms with Crippen LogP contribution in [0, 0.1) is 12.7 Å². The van der Waals surface area contributed by atoms with Gasteiger partial charge in [0, 0.05) is 11.3 Å². The molecule has 8 heteroatoms. The lowest BCUT2D eigenvalue weighted by atomic mass is 10.1. The zero-order chi connectivity index (χ0) is 18.6. The minimum atomic E-state index is -0.679. The highest BCUT2D eigenvalue weighted by Crippen LogP contribution is 2.36. The van der Waals surface area contributed by atoms with Crippen molar-refractivity contribution in [1.82, 2.24) is 0 Å². The molecule has 0 bridgehead atoms. The van der Waals surface area contributed by atoms with E-state index in [4.69, 9.17) is 26.8 Å². The van der Waals surface area contributed by atoms with Crippen molar-refractivity contribution in [1.29, 1.82) is 0 Å². The summed E-state index contributed by atoms with van der Waals surface area (Å²) >= 11 is 6.10. The van der Waals surface area contributed by atoms with Crippen LogP contribution >= 0.6 is 11.6 Å². The van der Waals surface area contributed by atoms with Crippen molar-refractivity contribution >= 4 is 29.1 Å². The Morgan fingerprint density at radius 3 is 2.64 bits per heavy atom. The Balaban J connectivity index is 2.29. The van der Waals surface area contributed by atoms with E-state index < -0.39 is 17.6 Å². The van der Waals surface area contributed by atoms with Gasteiger partial charge >= 0.3 is 0 Å². The van der Waals surface area contributed by atoms with E-state index in [0.717, 1.165) is 0 Å². The van der Waals surface area contributed by atoms with E-state index in [1.165, 1.54) is 31.4 Å². The standard InChI is InChI=1S/C17H16ClFN2O4/c1-9-3-4-11(19)7-13(9)21-17(23)10-5-12(18)16(14(6-10)24-2)25-8-15(20)22/h3-7H,8H2,1-2H3,(H2,20,22)(H,21,23). The Hall–Kier alpha value is -2.80.